The van der Waals surface area contributed by atoms with Gasteiger partial charge in [0.2, 0.25) is 0 Å². The second kappa shape index (κ2) is 6.53. The molecule has 1 aromatic heterocycles. The van der Waals surface area contributed by atoms with Gasteiger partial charge in [-0.15, -0.1) is 11.3 Å². The van der Waals surface area contributed by atoms with E-state index in [1.165, 1.54) is 17.4 Å². The molecule has 0 saturated carbocycles. The molecule has 1 aromatic carbocycles. The zero-order valence-corrected chi connectivity index (χ0v) is 14.2. The third-order valence-electron chi connectivity index (χ3n) is 2.77. The van der Waals surface area contributed by atoms with Crippen LogP contribution in [0, 0.1) is 19.7 Å². The topological polar surface area (TPSA) is 51.2 Å². The number of ether oxygens (including phenoxy) is 1. The SMILES string of the molecule is CCOC(=O)c1nc(Nc2cc(F)c(Br)cc2C)sc1C. The predicted octanol–water partition coefficient (Wildman–Crippen LogP) is 4.58. The average molecular weight is 373 g/mol. The van der Waals surface area contributed by atoms with E-state index in [4.69, 9.17) is 4.74 Å². The maximum absolute atomic E-state index is 13.6. The Morgan fingerprint density at radius 1 is 1.48 bits per heavy atom. The second-order valence-electron chi connectivity index (χ2n) is 4.35. The number of hydrogen-bond donors (Lipinski definition) is 1. The lowest BCUT2D eigenvalue weighted by Gasteiger charge is -2.07. The van der Waals surface area contributed by atoms with Gasteiger partial charge in [-0.05, 0) is 54.4 Å². The van der Waals surface area contributed by atoms with Crippen LogP contribution in [0.25, 0.3) is 0 Å². The lowest BCUT2D eigenvalue weighted by Crippen LogP contribution is -2.06. The van der Waals surface area contributed by atoms with Gasteiger partial charge in [0.1, 0.15) is 5.82 Å². The number of hydrogen-bond acceptors (Lipinski definition) is 5. The fourth-order valence-electron chi connectivity index (χ4n) is 1.73. The summed E-state index contributed by atoms with van der Waals surface area (Å²) < 4.78 is 18.9. The van der Waals surface area contributed by atoms with E-state index in [-0.39, 0.29) is 5.82 Å². The predicted molar refractivity (Wildman–Crippen MR) is 84.9 cm³/mol. The fraction of sp³-hybridized carbons (Fsp3) is 0.286. The van der Waals surface area contributed by atoms with Crippen LogP contribution in [0.2, 0.25) is 0 Å². The molecular formula is C14H14BrFN2O2S. The Bertz CT molecular complexity index is 688. The number of benzene rings is 1. The zero-order chi connectivity index (χ0) is 15.6. The van der Waals surface area contributed by atoms with E-state index in [2.05, 4.69) is 26.2 Å². The summed E-state index contributed by atoms with van der Waals surface area (Å²) in [6.45, 7) is 5.70. The zero-order valence-electron chi connectivity index (χ0n) is 11.8. The summed E-state index contributed by atoms with van der Waals surface area (Å²) in [5.41, 5.74) is 1.77. The van der Waals surface area contributed by atoms with Crippen molar-refractivity contribution in [3.05, 3.63) is 38.6 Å². The quantitative estimate of drug-likeness (QED) is 0.797. The summed E-state index contributed by atoms with van der Waals surface area (Å²) in [5.74, 6) is -0.806. The van der Waals surface area contributed by atoms with Crippen LogP contribution in [0.15, 0.2) is 16.6 Å². The van der Waals surface area contributed by atoms with Crippen molar-refractivity contribution in [3.63, 3.8) is 0 Å². The third kappa shape index (κ3) is 3.59. The Labute approximate surface area is 134 Å². The second-order valence-corrected chi connectivity index (χ2v) is 6.41. The number of carbonyl (C=O) groups excluding carboxylic acids is 1. The van der Waals surface area contributed by atoms with E-state index in [1.807, 2.05) is 6.92 Å². The number of nitrogens with zero attached hydrogens (tertiary/aromatic N) is 1. The molecule has 0 bridgehead atoms. The van der Waals surface area contributed by atoms with Crippen LogP contribution in [0.1, 0.15) is 27.9 Å². The number of anilines is 2. The molecule has 0 aliphatic carbocycles. The Morgan fingerprint density at radius 3 is 2.86 bits per heavy atom. The lowest BCUT2D eigenvalue weighted by atomic mass is 10.2. The maximum Gasteiger partial charge on any atom is 0.358 e. The number of thiazole rings is 1. The Morgan fingerprint density at radius 2 is 2.19 bits per heavy atom. The van der Waals surface area contributed by atoms with Crippen molar-refractivity contribution in [3.8, 4) is 0 Å². The summed E-state index contributed by atoms with van der Waals surface area (Å²) in [6.07, 6.45) is 0. The van der Waals surface area contributed by atoms with Crippen molar-refractivity contribution in [2.24, 2.45) is 0 Å². The first-order valence-electron chi connectivity index (χ1n) is 6.29. The highest BCUT2D eigenvalue weighted by Crippen LogP contribution is 2.30. The molecular weight excluding hydrogens is 359 g/mol. The highest BCUT2D eigenvalue weighted by Gasteiger charge is 2.17. The van der Waals surface area contributed by atoms with Gasteiger partial charge in [-0.25, -0.2) is 14.2 Å². The fourth-order valence-corrected chi connectivity index (χ4v) is 3.01. The third-order valence-corrected chi connectivity index (χ3v) is 4.27. The summed E-state index contributed by atoms with van der Waals surface area (Å²) in [7, 11) is 0. The highest BCUT2D eigenvalue weighted by molar-refractivity contribution is 9.10. The van der Waals surface area contributed by atoms with E-state index in [9.17, 15) is 9.18 Å². The van der Waals surface area contributed by atoms with Crippen LogP contribution in [0.4, 0.5) is 15.2 Å². The molecule has 1 N–H and O–H groups in total. The van der Waals surface area contributed by atoms with Crippen LogP contribution in [0.3, 0.4) is 0 Å². The molecule has 0 fully saturated rings. The normalized spacial score (nSPS) is 10.5. The van der Waals surface area contributed by atoms with Gasteiger partial charge in [-0.1, -0.05) is 0 Å². The highest BCUT2D eigenvalue weighted by atomic mass is 79.9. The first-order valence-corrected chi connectivity index (χ1v) is 7.90. The Balaban J connectivity index is 2.27. The van der Waals surface area contributed by atoms with Gasteiger partial charge in [0, 0.05) is 10.6 Å². The Hall–Kier alpha value is -1.47. The summed E-state index contributed by atoms with van der Waals surface area (Å²) in [6, 6.07) is 3.07. The number of carbonyl (C=O) groups is 1. The molecule has 0 saturated heterocycles. The molecule has 0 aliphatic heterocycles. The number of nitrogens with one attached hydrogen (secondary N) is 1. The van der Waals surface area contributed by atoms with Gasteiger partial charge in [0.15, 0.2) is 10.8 Å². The van der Waals surface area contributed by atoms with Gasteiger partial charge in [-0.2, -0.15) is 0 Å². The molecule has 0 spiro atoms. The van der Waals surface area contributed by atoms with Crippen molar-refractivity contribution in [1.82, 2.24) is 4.98 Å². The first kappa shape index (κ1) is 15.9. The molecule has 2 rings (SSSR count). The number of halogens is 2. The van der Waals surface area contributed by atoms with E-state index >= 15 is 0 Å². The van der Waals surface area contributed by atoms with Crippen molar-refractivity contribution < 1.29 is 13.9 Å². The molecule has 7 heteroatoms. The standard InChI is InChI=1S/C14H14BrFN2O2S/c1-4-20-13(19)12-8(3)21-14(18-12)17-11-6-10(16)9(15)5-7(11)2/h5-6H,4H2,1-3H3,(H,17,18). The van der Waals surface area contributed by atoms with Crippen LogP contribution in [0.5, 0.6) is 0 Å². The van der Waals surface area contributed by atoms with Crippen molar-refractivity contribution >= 4 is 44.1 Å². The van der Waals surface area contributed by atoms with Crippen LogP contribution in [-0.2, 0) is 4.74 Å². The van der Waals surface area contributed by atoms with E-state index in [1.54, 1.807) is 19.9 Å². The maximum atomic E-state index is 13.6. The largest absolute Gasteiger partial charge is 0.461 e. The minimum Gasteiger partial charge on any atom is -0.461 e. The van der Waals surface area contributed by atoms with E-state index < -0.39 is 5.97 Å². The van der Waals surface area contributed by atoms with Gasteiger partial charge in [-0.3, -0.25) is 0 Å². The van der Waals surface area contributed by atoms with Crippen LogP contribution in [-0.4, -0.2) is 17.6 Å². The molecule has 1 heterocycles. The number of esters is 1. The van der Waals surface area contributed by atoms with E-state index in [0.717, 1.165) is 10.4 Å². The van der Waals surface area contributed by atoms with Gasteiger partial charge >= 0.3 is 5.97 Å². The van der Waals surface area contributed by atoms with Gasteiger partial charge < -0.3 is 10.1 Å². The minimum absolute atomic E-state index is 0.291. The summed E-state index contributed by atoms with van der Waals surface area (Å²) in [4.78, 5) is 16.7. The average Bonchev–Trinajstić information content (AvgIpc) is 2.77. The monoisotopic (exact) mass is 372 g/mol. The molecule has 0 amide bonds. The molecule has 0 atom stereocenters. The van der Waals surface area contributed by atoms with Crippen molar-refractivity contribution in [2.75, 3.05) is 11.9 Å². The molecule has 0 radical (unpaired) electrons. The lowest BCUT2D eigenvalue weighted by molar-refractivity contribution is 0.0519. The summed E-state index contributed by atoms with van der Waals surface area (Å²) >= 11 is 4.47. The van der Waals surface area contributed by atoms with Gasteiger partial charge in [0.25, 0.3) is 0 Å². The number of aryl methyl sites for hydroxylation is 2. The smallest absolute Gasteiger partial charge is 0.358 e. The molecule has 0 unspecified atom stereocenters. The molecule has 21 heavy (non-hydrogen) atoms. The number of aromatic nitrogens is 1. The molecule has 4 nitrogen and oxygen atoms in total. The molecule has 0 aliphatic rings. The van der Waals surface area contributed by atoms with Crippen LogP contribution >= 0.6 is 27.3 Å². The van der Waals surface area contributed by atoms with Crippen LogP contribution < -0.4 is 5.32 Å². The Kier molecular flexibility index (Phi) is 4.95. The number of rotatable bonds is 4. The van der Waals surface area contributed by atoms with E-state index in [0.29, 0.717) is 27.6 Å². The van der Waals surface area contributed by atoms with Gasteiger partial charge in [0.05, 0.1) is 11.1 Å². The van der Waals surface area contributed by atoms with Crippen molar-refractivity contribution in [2.45, 2.75) is 20.8 Å². The molecule has 2 aromatic rings. The van der Waals surface area contributed by atoms with Crippen molar-refractivity contribution in [1.29, 1.82) is 0 Å². The summed E-state index contributed by atoms with van der Waals surface area (Å²) in [5, 5.41) is 3.57. The minimum atomic E-state index is -0.446. The molecule has 112 valence electrons. The first-order chi connectivity index (χ1) is 9.92.